The molecule has 10 heteroatoms. The fraction of sp³-hybridized carbons (Fsp3) is 0.500. The van der Waals surface area contributed by atoms with Crippen LogP contribution < -0.4 is 10.0 Å². The van der Waals surface area contributed by atoms with Crippen molar-refractivity contribution in [1.29, 1.82) is 0 Å². The number of amides is 1. The Morgan fingerprint density at radius 1 is 1.18 bits per heavy atom. The maximum Gasteiger partial charge on any atom is 0.287 e. The lowest BCUT2D eigenvalue weighted by Gasteiger charge is -2.22. The highest BCUT2D eigenvalue weighted by Crippen LogP contribution is 2.21. The molecule has 9 nitrogen and oxygen atoms in total. The predicted molar refractivity (Wildman–Crippen MR) is 126 cm³/mol. The Morgan fingerprint density at radius 3 is 2.62 bits per heavy atom. The van der Waals surface area contributed by atoms with E-state index in [1.54, 1.807) is 24.4 Å². The van der Waals surface area contributed by atoms with Crippen molar-refractivity contribution < 1.29 is 22.8 Å². The molecule has 1 aliphatic heterocycles. The molecule has 0 bridgehead atoms. The molecule has 3 rings (SSSR count). The number of Topliss-reactive ketones (excluding diaryl/α,β-unsaturated/α-hetero) is 2. The SMILES string of the molecule is CC(C)CC(NS(=O)(=O)c1ccccc1)C(=O)CC1CCc2cn[nH]c2CCCNC(=O)C1=O. The number of sulfonamides is 1. The number of fused-ring (bicyclic) bond motifs is 1. The molecule has 0 fully saturated rings. The Balaban J connectivity index is 1.80. The minimum atomic E-state index is -3.92. The molecule has 1 aromatic heterocycles. The van der Waals surface area contributed by atoms with Crippen LogP contribution in [0.25, 0.3) is 0 Å². The van der Waals surface area contributed by atoms with Crippen molar-refractivity contribution in [3.8, 4) is 0 Å². The minimum absolute atomic E-state index is 0.0347. The molecule has 184 valence electrons. The molecule has 1 aromatic carbocycles. The van der Waals surface area contributed by atoms with Gasteiger partial charge in [-0.2, -0.15) is 5.10 Å². The molecule has 0 spiro atoms. The Morgan fingerprint density at radius 2 is 1.91 bits per heavy atom. The third kappa shape index (κ3) is 6.83. The van der Waals surface area contributed by atoms with E-state index >= 15 is 0 Å². The summed E-state index contributed by atoms with van der Waals surface area (Å²) in [4.78, 5) is 38.6. The van der Waals surface area contributed by atoms with Gasteiger partial charge in [0.15, 0.2) is 5.78 Å². The van der Waals surface area contributed by atoms with Crippen LogP contribution in [0.5, 0.6) is 0 Å². The van der Waals surface area contributed by atoms with Crippen LogP contribution in [-0.4, -0.2) is 48.7 Å². The number of aryl methyl sites for hydroxylation is 2. The van der Waals surface area contributed by atoms with E-state index in [2.05, 4.69) is 20.2 Å². The van der Waals surface area contributed by atoms with Gasteiger partial charge in [-0.3, -0.25) is 19.5 Å². The molecule has 1 aliphatic rings. The zero-order valence-electron chi connectivity index (χ0n) is 19.5. The first-order valence-electron chi connectivity index (χ1n) is 11.6. The van der Waals surface area contributed by atoms with Gasteiger partial charge in [0.1, 0.15) is 0 Å². The van der Waals surface area contributed by atoms with E-state index in [1.807, 2.05) is 13.8 Å². The molecule has 2 atom stereocenters. The summed E-state index contributed by atoms with van der Waals surface area (Å²) in [6, 6.07) is 6.85. The number of H-pyrrole nitrogens is 1. The third-order valence-corrected chi connectivity index (χ3v) is 7.44. The summed E-state index contributed by atoms with van der Waals surface area (Å²) in [7, 11) is -3.92. The predicted octanol–water partition coefficient (Wildman–Crippen LogP) is 1.94. The van der Waals surface area contributed by atoms with E-state index in [9.17, 15) is 22.8 Å². The summed E-state index contributed by atoms with van der Waals surface area (Å²) in [5.41, 5.74) is 1.92. The van der Waals surface area contributed by atoms with Gasteiger partial charge in [-0.05, 0) is 55.7 Å². The monoisotopic (exact) mass is 488 g/mol. The van der Waals surface area contributed by atoms with Crippen molar-refractivity contribution in [1.82, 2.24) is 20.2 Å². The molecule has 3 N–H and O–H groups in total. The van der Waals surface area contributed by atoms with Crippen molar-refractivity contribution in [2.24, 2.45) is 11.8 Å². The number of nitrogens with zero attached hydrogens (tertiary/aromatic N) is 1. The minimum Gasteiger partial charge on any atom is -0.349 e. The molecule has 0 aliphatic carbocycles. The fourth-order valence-corrected chi connectivity index (χ4v) is 5.38. The number of nitrogens with one attached hydrogen (secondary N) is 3. The molecule has 1 amide bonds. The summed E-state index contributed by atoms with van der Waals surface area (Å²) in [6.45, 7) is 4.13. The lowest BCUT2D eigenvalue weighted by Crippen LogP contribution is -2.44. The molecule has 2 unspecified atom stereocenters. The number of hydrogen-bond donors (Lipinski definition) is 3. The smallest absolute Gasteiger partial charge is 0.287 e. The Hall–Kier alpha value is -2.85. The highest BCUT2D eigenvalue weighted by molar-refractivity contribution is 7.89. The topological polar surface area (TPSA) is 138 Å². The summed E-state index contributed by atoms with van der Waals surface area (Å²) in [6.07, 6.45) is 3.93. The van der Waals surface area contributed by atoms with E-state index in [0.29, 0.717) is 32.2 Å². The summed E-state index contributed by atoms with van der Waals surface area (Å²) >= 11 is 0. The zero-order chi connectivity index (χ0) is 24.7. The summed E-state index contributed by atoms with van der Waals surface area (Å²) in [5.74, 6) is -2.56. The number of aromatic nitrogens is 2. The highest BCUT2D eigenvalue weighted by Gasteiger charge is 2.33. The van der Waals surface area contributed by atoms with E-state index in [-0.39, 0.29) is 23.7 Å². The average Bonchev–Trinajstić information content (AvgIpc) is 3.24. The van der Waals surface area contributed by atoms with Gasteiger partial charge >= 0.3 is 0 Å². The maximum atomic E-state index is 13.3. The van der Waals surface area contributed by atoms with Crippen molar-refractivity contribution in [3.63, 3.8) is 0 Å². The maximum absolute atomic E-state index is 13.3. The van der Waals surface area contributed by atoms with Gasteiger partial charge in [0.05, 0.1) is 17.1 Å². The van der Waals surface area contributed by atoms with Gasteiger partial charge in [0.25, 0.3) is 5.91 Å². The van der Waals surface area contributed by atoms with Crippen LogP contribution in [0.4, 0.5) is 0 Å². The first kappa shape index (κ1) is 25.8. The first-order chi connectivity index (χ1) is 16.2. The van der Waals surface area contributed by atoms with Crippen molar-refractivity contribution in [2.45, 2.75) is 63.3 Å². The van der Waals surface area contributed by atoms with Crippen LogP contribution in [-0.2, 0) is 37.2 Å². The summed E-state index contributed by atoms with van der Waals surface area (Å²) in [5, 5.41) is 9.67. The second kappa shape index (κ2) is 11.5. The van der Waals surface area contributed by atoms with Crippen LogP contribution in [0.3, 0.4) is 0 Å². The van der Waals surface area contributed by atoms with Gasteiger partial charge in [-0.25, -0.2) is 13.1 Å². The number of carbonyl (C=O) groups excluding carboxylic acids is 3. The van der Waals surface area contributed by atoms with Crippen LogP contribution in [0.1, 0.15) is 50.8 Å². The fourth-order valence-electron chi connectivity index (χ4n) is 4.12. The molecule has 0 radical (unpaired) electrons. The van der Waals surface area contributed by atoms with Crippen molar-refractivity contribution in [3.05, 3.63) is 47.8 Å². The average molecular weight is 489 g/mol. The Bertz CT molecular complexity index is 1110. The Labute approximate surface area is 200 Å². The molecular weight excluding hydrogens is 456 g/mol. The van der Waals surface area contributed by atoms with Crippen LogP contribution in [0.2, 0.25) is 0 Å². The second-order valence-electron chi connectivity index (χ2n) is 9.12. The van der Waals surface area contributed by atoms with Crippen LogP contribution >= 0.6 is 0 Å². The molecule has 2 aromatic rings. The number of rotatable bonds is 8. The van der Waals surface area contributed by atoms with Gasteiger partial charge < -0.3 is 5.32 Å². The number of aromatic amines is 1. The number of ketones is 2. The van der Waals surface area contributed by atoms with Crippen molar-refractivity contribution in [2.75, 3.05) is 6.54 Å². The quantitative estimate of drug-likeness (QED) is 0.486. The second-order valence-corrected chi connectivity index (χ2v) is 10.8. The lowest BCUT2D eigenvalue weighted by molar-refractivity contribution is -0.141. The first-order valence-corrected chi connectivity index (χ1v) is 13.1. The van der Waals surface area contributed by atoms with Gasteiger partial charge in [-0.1, -0.05) is 32.0 Å². The van der Waals surface area contributed by atoms with E-state index in [4.69, 9.17) is 0 Å². The van der Waals surface area contributed by atoms with Crippen LogP contribution in [0, 0.1) is 11.8 Å². The number of carbonyl (C=O) groups is 3. The molecule has 2 heterocycles. The number of benzene rings is 1. The van der Waals surface area contributed by atoms with E-state index < -0.39 is 39.5 Å². The van der Waals surface area contributed by atoms with E-state index in [0.717, 1.165) is 11.3 Å². The lowest BCUT2D eigenvalue weighted by atomic mass is 9.87. The standard InChI is InChI=1S/C24H32N4O5S/c1-16(2)13-21(28-34(32,33)19-7-4-3-5-8-19)22(29)14-17-10-11-18-15-26-27-20(18)9-6-12-25-24(31)23(17)30/h3-5,7-8,15-17,21,28H,6,9-14H2,1-2H3,(H,25,31)(H,26,27). The van der Waals surface area contributed by atoms with Gasteiger partial charge in [-0.15, -0.1) is 0 Å². The molecular formula is C24H32N4O5S. The largest absolute Gasteiger partial charge is 0.349 e. The Kier molecular flexibility index (Phi) is 8.73. The molecule has 0 saturated heterocycles. The molecule has 34 heavy (non-hydrogen) atoms. The molecule has 0 saturated carbocycles. The van der Waals surface area contributed by atoms with Gasteiger partial charge in [0.2, 0.25) is 15.8 Å². The van der Waals surface area contributed by atoms with Crippen LogP contribution in [0.15, 0.2) is 41.4 Å². The van der Waals surface area contributed by atoms with E-state index in [1.165, 1.54) is 12.1 Å². The normalized spacial score (nSPS) is 18.6. The van der Waals surface area contributed by atoms with Gasteiger partial charge in [0, 0.05) is 24.6 Å². The highest BCUT2D eigenvalue weighted by atomic mass is 32.2. The number of hydrogen-bond acceptors (Lipinski definition) is 6. The van der Waals surface area contributed by atoms with Crippen molar-refractivity contribution >= 4 is 27.5 Å². The zero-order valence-corrected chi connectivity index (χ0v) is 20.4. The summed E-state index contributed by atoms with van der Waals surface area (Å²) < 4.78 is 28.2. The third-order valence-electron chi connectivity index (χ3n) is 5.95.